The maximum Gasteiger partial charge on any atom is 0.343 e. The van der Waals surface area contributed by atoms with Crippen molar-refractivity contribution in [2.24, 2.45) is 0 Å². The number of carbonyl (C=O) groups excluding carboxylic acids is 2. The second kappa shape index (κ2) is 5.77. The lowest BCUT2D eigenvalue weighted by atomic mass is 10.2. The van der Waals surface area contributed by atoms with E-state index >= 15 is 0 Å². The minimum absolute atomic E-state index is 0.158. The average Bonchev–Trinajstić information content (AvgIpc) is 2.94. The van der Waals surface area contributed by atoms with Gasteiger partial charge in [0.2, 0.25) is 12.7 Å². The minimum Gasteiger partial charge on any atom is -0.454 e. The maximum atomic E-state index is 12.1. The standard InChI is InChI=1S/C16H13NO5/c1-10(18)17-12-4-2-3-11(7-12)16(19)22-13-5-6-14-15(8-13)21-9-20-14/h2-8H,9H2,1H3,(H,17,18). The topological polar surface area (TPSA) is 73.9 Å². The number of amides is 1. The highest BCUT2D eigenvalue weighted by molar-refractivity contribution is 5.94. The van der Waals surface area contributed by atoms with Crippen molar-refractivity contribution < 1.29 is 23.8 Å². The van der Waals surface area contributed by atoms with Crippen LogP contribution in [0.4, 0.5) is 5.69 Å². The fraction of sp³-hybridized carbons (Fsp3) is 0.125. The molecule has 3 rings (SSSR count). The molecular formula is C16H13NO5. The lowest BCUT2D eigenvalue weighted by molar-refractivity contribution is -0.114. The van der Waals surface area contributed by atoms with Gasteiger partial charge in [0.1, 0.15) is 5.75 Å². The van der Waals surface area contributed by atoms with Gasteiger partial charge >= 0.3 is 5.97 Å². The Kier molecular flexibility index (Phi) is 3.65. The van der Waals surface area contributed by atoms with Crippen molar-refractivity contribution in [2.75, 3.05) is 12.1 Å². The van der Waals surface area contributed by atoms with E-state index in [9.17, 15) is 9.59 Å². The fourth-order valence-electron chi connectivity index (χ4n) is 2.03. The van der Waals surface area contributed by atoms with Crippen molar-refractivity contribution >= 4 is 17.6 Å². The normalized spacial score (nSPS) is 11.9. The van der Waals surface area contributed by atoms with E-state index < -0.39 is 5.97 Å². The van der Waals surface area contributed by atoms with Gasteiger partial charge in [-0.2, -0.15) is 0 Å². The van der Waals surface area contributed by atoms with Crippen LogP contribution in [0.15, 0.2) is 42.5 Å². The molecule has 0 aromatic heterocycles. The lowest BCUT2D eigenvalue weighted by Crippen LogP contribution is -2.10. The van der Waals surface area contributed by atoms with E-state index in [4.69, 9.17) is 14.2 Å². The second-order valence-electron chi connectivity index (χ2n) is 4.67. The Morgan fingerprint density at radius 2 is 1.91 bits per heavy atom. The van der Waals surface area contributed by atoms with Gasteiger partial charge in [-0.25, -0.2) is 4.79 Å². The summed E-state index contributed by atoms with van der Waals surface area (Å²) in [6, 6.07) is 11.4. The van der Waals surface area contributed by atoms with Crippen molar-refractivity contribution in [3.05, 3.63) is 48.0 Å². The number of nitrogens with one attached hydrogen (secondary N) is 1. The van der Waals surface area contributed by atoms with Gasteiger partial charge in [-0.1, -0.05) is 6.07 Å². The van der Waals surface area contributed by atoms with Gasteiger partial charge in [-0.15, -0.1) is 0 Å². The molecule has 6 nitrogen and oxygen atoms in total. The average molecular weight is 299 g/mol. The molecule has 0 fully saturated rings. The fourth-order valence-corrected chi connectivity index (χ4v) is 2.03. The summed E-state index contributed by atoms with van der Waals surface area (Å²) in [7, 11) is 0. The van der Waals surface area contributed by atoms with Crippen molar-refractivity contribution in [3.63, 3.8) is 0 Å². The number of carbonyl (C=O) groups is 2. The van der Waals surface area contributed by atoms with Gasteiger partial charge < -0.3 is 19.5 Å². The Morgan fingerprint density at radius 3 is 2.73 bits per heavy atom. The largest absolute Gasteiger partial charge is 0.454 e. The summed E-state index contributed by atoms with van der Waals surface area (Å²) in [5.41, 5.74) is 0.872. The SMILES string of the molecule is CC(=O)Nc1cccc(C(=O)Oc2ccc3c(c2)OCO3)c1. The zero-order valence-electron chi connectivity index (χ0n) is 11.8. The molecule has 0 atom stereocenters. The number of hydrogen-bond donors (Lipinski definition) is 1. The van der Waals surface area contributed by atoms with E-state index in [0.717, 1.165) is 0 Å². The molecule has 2 aromatic rings. The van der Waals surface area contributed by atoms with E-state index in [2.05, 4.69) is 5.32 Å². The first-order valence-corrected chi connectivity index (χ1v) is 6.61. The van der Waals surface area contributed by atoms with E-state index in [1.165, 1.54) is 6.92 Å². The lowest BCUT2D eigenvalue weighted by Gasteiger charge is -2.07. The van der Waals surface area contributed by atoms with Crippen LogP contribution in [0.3, 0.4) is 0 Å². The van der Waals surface area contributed by atoms with Crippen LogP contribution in [0.2, 0.25) is 0 Å². The molecule has 0 saturated carbocycles. The molecule has 1 heterocycles. The van der Waals surface area contributed by atoms with Gasteiger partial charge in [-0.05, 0) is 30.3 Å². The molecule has 1 amide bonds. The zero-order chi connectivity index (χ0) is 15.5. The first-order valence-electron chi connectivity index (χ1n) is 6.61. The van der Waals surface area contributed by atoms with Gasteiger partial charge in [0.15, 0.2) is 11.5 Å². The summed E-state index contributed by atoms with van der Waals surface area (Å²) in [4.78, 5) is 23.2. The number of esters is 1. The van der Waals surface area contributed by atoms with Gasteiger partial charge in [-0.3, -0.25) is 4.79 Å². The Bertz CT molecular complexity index is 741. The molecule has 0 spiro atoms. The van der Waals surface area contributed by atoms with Crippen molar-refractivity contribution in [3.8, 4) is 17.2 Å². The zero-order valence-corrected chi connectivity index (χ0v) is 11.8. The number of anilines is 1. The molecule has 0 saturated heterocycles. The van der Waals surface area contributed by atoms with Gasteiger partial charge in [0.05, 0.1) is 5.56 Å². The third-order valence-electron chi connectivity index (χ3n) is 2.97. The molecule has 0 aliphatic carbocycles. The summed E-state index contributed by atoms with van der Waals surface area (Å²) in [6.07, 6.45) is 0. The highest BCUT2D eigenvalue weighted by Crippen LogP contribution is 2.35. The second-order valence-corrected chi connectivity index (χ2v) is 4.67. The monoisotopic (exact) mass is 299 g/mol. The highest BCUT2D eigenvalue weighted by atomic mass is 16.7. The first kappa shape index (κ1) is 13.9. The van der Waals surface area contributed by atoms with Crippen molar-refractivity contribution in [1.82, 2.24) is 0 Å². The Morgan fingerprint density at radius 1 is 1.09 bits per heavy atom. The Hall–Kier alpha value is -3.02. The molecule has 0 unspecified atom stereocenters. The molecule has 1 aliphatic rings. The molecule has 2 aromatic carbocycles. The van der Waals surface area contributed by atoms with E-state index in [1.54, 1.807) is 42.5 Å². The van der Waals surface area contributed by atoms with Crippen LogP contribution in [0, 0.1) is 0 Å². The summed E-state index contributed by atoms with van der Waals surface area (Å²) in [5, 5.41) is 2.61. The molecule has 1 aliphatic heterocycles. The first-order chi connectivity index (χ1) is 10.6. The van der Waals surface area contributed by atoms with Crippen molar-refractivity contribution in [1.29, 1.82) is 0 Å². The highest BCUT2D eigenvalue weighted by Gasteiger charge is 2.16. The third kappa shape index (κ3) is 3.01. The van der Waals surface area contributed by atoms with Crippen LogP contribution in [0.5, 0.6) is 17.2 Å². The number of rotatable bonds is 3. The smallest absolute Gasteiger partial charge is 0.343 e. The van der Waals surface area contributed by atoms with Crippen LogP contribution >= 0.6 is 0 Å². The summed E-state index contributed by atoms with van der Waals surface area (Å²) < 4.78 is 15.7. The summed E-state index contributed by atoms with van der Waals surface area (Å²) in [5.74, 6) is 0.788. The molecule has 22 heavy (non-hydrogen) atoms. The molecule has 0 radical (unpaired) electrons. The van der Waals surface area contributed by atoms with E-state index in [-0.39, 0.29) is 12.7 Å². The summed E-state index contributed by atoms with van der Waals surface area (Å²) in [6.45, 7) is 1.56. The number of benzene rings is 2. The predicted octanol–water partition coefficient (Wildman–Crippen LogP) is 2.59. The Labute approximate surface area is 126 Å². The molecule has 112 valence electrons. The maximum absolute atomic E-state index is 12.1. The van der Waals surface area contributed by atoms with Gasteiger partial charge in [0.25, 0.3) is 0 Å². The van der Waals surface area contributed by atoms with Crippen LogP contribution < -0.4 is 19.5 Å². The molecule has 1 N–H and O–H groups in total. The predicted molar refractivity (Wildman–Crippen MR) is 78.3 cm³/mol. The van der Waals surface area contributed by atoms with Crippen molar-refractivity contribution in [2.45, 2.75) is 6.92 Å². The number of ether oxygens (including phenoxy) is 3. The number of hydrogen-bond acceptors (Lipinski definition) is 5. The van der Waals surface area contributed by atoms with Crippen LogP contribution in [-0.4, -0.2) is 18.7 Å². The minimum atomic E-state index is -0.522. The Balaban J connectivity index is 1.75. The van der Waals surface area contributed by atoms with Gasteiger partial charge in [0, 0.05) is 18.7 Å². The molecule has 6 heteroatoms. The third-order valence-corrected chi connectivity index (χ3v) is 2.97. The van der Waals surface area contributed by atoms with Crippen LogP contribution in [0.25, 0.3) is 0 Å². The molecular weight excluding hydrogens is 286 g/mol. The van der Waals surface area contributed by atoms with E-state index in [0.29, 0.717) is 28.5 Å². The van der Waals surface area contributed by atoms with E-state index in [1.807, 2.05) is 0 Å². The molecule has 0 bridgehead atoms. The van der Waals surface area contributed by atoms with Crippen LogP contribution in [-0.2, 0) is 4.79 Å². The quantitative estimate of drug-likeness (QED) is 0.696. The van der Waals surface area contributed by atoms with Crippen LogP contribution in [0.1, 0.15) is 17.3 Å². The number of fused-ring (bicyclic) bond motifs is 1. The summed E-state index contributed by atoms with van der Waals surface area (Å²) >= 11 is 0.